The molecule has 0 aliphatic carbocycles. The molecule has 1 aliphatic heterocycles. The molecule has 8 aromatic rings. The third kappa shape index (κ3) is 5.95. The number of rotatable bonds is 6. The molecule has 7 aromatic carbocycles. The zero-order chi connectivity index (χ0) is 35.1. The number of nitrogens with zero attached hydrogens (tertiary/aromatic N) is 3. The van der Waals surface area contributed by atoms with Crippen LogP contribution in [-0.2, 0) is 5.60 Å². The van der Waals surface area contributed by atoms with Gasteiger partial charge in [-0.2, -0.15) is 0 Å². The third-order valence-corrected chi connectivity index (χ3v) is 9.74. The number of aromatic nitrogens is 3. The van der Waals surface area contributed by atoms with Crippen LogP contribution in [0.5, 0.6) is 5.75 Å². The van der Waals surface area contributed by atoms with E-state index in [2.05, 4.69) is 166 Å². The van der Waals surface area contributed by atoms with Crippen molar-refractivity contribution >= 4 is 0 Å². The fourth-order valence-electron chi connectivity index (χ4n) is 7.12. The molecule has 1 aliphatic rings. The number of fused-ring (bicyclic) bond motifs is 3. The van der Waals surface area contributed by atoms with Gasteiger partial charge < -0.3 is 4.74 Å². The van der Waals surface area contributed by atoms with Crippen LogP contribution >= 0.6 is 0 Å². The lowest BCUT2D eigenvalue weighted by Crippen LogP contribution is -2.29. The molecule has 0 amide bonds. The predicted octanol–water partition coefficient (Wildman–Crippen LogP) is 12.2. The van der Waals surface area contributed by atoms with Crippen LogP contribution in [0, 0.1) is 0 Å². The lowest BCUT2D eigenvalue weighted by Gasteiger charge is -2.35. The van der Waals surface area contributed by atoms with E-state index in [9.17, 15) is 0 Å². The first kappa shape index (κ1) is 31.3. The van der Waals surface area contributed by atoms with Gasteiger partial charge in [0.05, 0.1) is 0 Å². The second-order valence-electron chi connectivity index (χ2n) is 13.7. The van der Waals surface area contributed by atoms with Crippen molar-refractivity contribution in [1.82, 2.24) is 15.0 Å². The van der Waals surface area contributed by atoms with E-state index < -0.39 is 5.60 Å². The van der Waals surface area contributed by atoms with Gasteiger partial charge in [-0.1, -0.05) is 133 Å². The molecule has 9 rings (SSSR count). The molecular formula is C48H35N3O. The first-order valence-electron chi connectivity index (χ1n) is 17.6. The van der Waals surface area contributed by atoms with Crippen molar-refractivity contribution in [3.05, 3.63) is 181 Å². The summed E-state index contributed by atoms with van der Waals surface area (Å²) in [6, 6.07) is 61.1. The minimum absolute atomic E-state index is 0.442. The number of benzene rings is 7. The molecule has 1 aromatic heterocycles. The fraction of sp³-hybridized carbons (Fsp3) is 0.0625. The zero-order valence-corrected chi connectivity index (χ0v) is 29.0. The van der Waals surface area contributed by atoms with E-state index in [1.807, 2.05) is 24.3 Å². The Kier molecular flexibility index (Phi) is 7.78. The smallest absolute Gasteiger partial charge is 0.164 e. The zero-order valence-electron chi connectivity index (χ0n) is 29.0. The lowest BCUT2D eigenvalue weighted by atomic mass is 9.86. The van der Waals surface area contributed by atoms with E-state index in [4.69, 9.17) is 19.7 Å². The summed E-state index contributed by atoms with van der Waals surface area (Å²) in [7, 11) is 0. The Morgan fingerprint density at radius 1 is 0.346 bits per heavy atom. The van der Waals surface area contributed by atoms with Crippen molar-refractivity contribution in [3.8, 4) is 84.4 Å². The van der Waals surface area contributed by atoms with Gasteiger partial charge in [-0.3, -0.25) is 0 Å². The maximum Gasteiger partial charge on any atom is 0.164 e. The average molecular weight is 670 g/mol. The molecule has 0 bridgehead atoms. The largest absolute Gasteiger partial charge is 0.482 e. The number of hydrogen-bond donors (Lipinski definition) is 0. The molecule has 0 unspecified atom stereocenters. The molecule has 0 spiro atoms. The normalized spacial score (nSPS) is 12.7. The average Bonchev–Trinajstić information content (AvgIpc) is 3.21. The van der Waals surface area contributed by atoms with Crippen LogP contribution in [0.15, 0.2) is 176 Å². The fourth-order valence-corrected chi connectivity index (χ4v) is 7.12. The maximum absolute atomic E-state index is 6.54. The molecule has 4 nitrogen and oxygen atoms in total. The van der Waals surface area contributed by atoms with Gasteiger partial charge in [0, 0.05) is 27.8 Å². The van der Waals surface area contributed by atoms with Crippen molar-refractivity contribution in [2.45, 2.75) is 19.4 Å². The van der Waals surface area contributed by atoms with Crippen LogP contribution < -0.4 is 4.74 Å². The minimum atomic E-state index is -0.442. The Bertz CT molecular complexity index is 2510. The van der Waals surface area contributed by atoms with Gasteiger partial charge in [0.1, 0.15) is 11.4 Å². The molecule has 0 fully saturated rings. The Labute approximate surface area is 304 Å². The van der Waals surface area contributed by atoms with Crippen LogP contribution in [0.1, 0.15) is 19.4 Å². The molecule has 52 heavy (non-hydrogen) atoms. The van der Waals surface area contributed by atoms with Crippen LogP contribution in [0.3, 0.4) is 0 Å². The SMILES string of the molecule is CC1(C)Oc2ccc(-c3nc(-c4cccc(-c5ccccc5)c4)nc(-c4cc(-c5ccccc5)cc(-c5ccccc5)c4)n3)cc2-c2ccccc21. The Morgan fingerprint density at radius 2 is 0.788 bits per heavy atom. The number of ether oxygens (including phenoxy) is 1. The van der Waals surface area contributed by atoms with Crippen molar-refractivity contribution in [2.24, 2.45) is 0 Å². The molecule has 0 saturated heterocycles. The monoisotopic (exact) mass is 669 g/mol. The first-order valence-corrected chi connectivity index (χ1v) is 17.6. The topological polar surface area (TPSA) is 47.9 Å². The first-order chi connectivity index (χ1) is 25.5. The Balaban J connectivity index is 1.25. The van der Waals surface area contributed by atoms with Crippen molar-refractivity contribution in [2.75, 3.05) is 0 Å². The minimum Gasteiger partial charge on any atom is -0.482 e. The molecule has 0 N–H and O–H groups in total. The van der Waals surface area contributed by atoms with Crippen LogP contribution in [0.25, 0.3) is 78.7 Å². The molecule has 0 saturated carbocycles. The summed E-state index contributed by atoms with van der Waals surface area (Å²) in [6.07, 6.45) is 0. The van der Waals surface area contributed by atoms with Crippen molar-refractivity contribution in [1.29, 1.82) is 0 Å². The van der Waals surface area contributed by atoms with Gasteiger partial charge in [0.2, 0.25) is 0 Å². The lowest BCUT2D eigenvalue weighted by molar-refractivity contribution is 0.106. The molecule has 2 heterocycles. The highest BCUT2D eigenvalue weighted by Gasteiger charge is 2.32. The van der Waals surface area contributed by atoms with Crippen molar-refractivity contribution < 1.29 is 4.74 Å². The second-order valence-corrected chi connectivity index (χ2v) is 13.7. The van der Waals surface area contributed by atoms with Gasteiger partial charge in [-0.15, -0.1) is 0 Å². The number of hydrogen-bond acceptors (Lipinski definition) is 4. The summed E-state index contributed by atoms with van der Waals surface area (Å²) in [5.74, 6) is 2.66. The van der Waals surface area contributed by atoms with Gasteiger partial charge in [0.25, 0.3) is 0 Å². The van der Waals surface area contributed by atoms with E-state index in [0.717, 1.165) is 72.5 Å². The summed E-state index contributed by atoms with van der Waals surface area (Å²) in [5, 5.41) is 0. The third-order valence-electron chi connectivity index (χ3n) is 9.74. The van der Waals surface area contributed by atoms with Crippen LogP contribution in [0.4, 0.5) is 0 Å². The van der Waals surface area contributed by atoms with E-state index in [1.54, 1.807) is 0 Å². The van der Waals surface area contributed by atoms with Gasteiger partial charge in [-0.05, 0) is 95.3 Å². The molecule has 0 radical (unpaired) electrons. The Hall–Kier alpha value is -6.65. The predicted molar refractivity (Wildman–Crippen MR) is 212 cm³/mol. The second kappa shape index (κ2) is 12.9. The molecular weight excluding hydrogens is 635 g/mol. The van der Waals surface area contributed by atoms with Crippen LogP contribution in [0.2, 0.25) is 0 Å². The molecule has 0 atom stereocenters. The van der Waals surface area contributed by atoms with E-state index in [0.29, 0.717) is 17.5 Å². The summed E-state index contributed by atoms with van der Waals surface area (Å²) in [5.41, 5.74) is 12.3. The summed E-state index contributed by atoms with van der Waals surface area (Å²) < 4.78 is 6.54. The Morgan fingerprint density at radius 3 is 1.40 bits per heavy atom. The summed E-state index contributed by atoms with van der Waals surface area (Å²) in [6.45, 7) is 4.23. The highest BCUT2D eigenvalue weighted by atomic mass is 16.5. The van der Waals surface area contributed by atoms with Gasteiger partial charge in [-0.25, -0.2) is 15.0 Å². The van der Waals surface area contributed by atoms with E-state index >= 15 is 0 Å². The van der Waals surface area contributed by atoms with Crippen molar-refractivity contribution in [3.63, 3.8) is 0 Å². The van der Waals surface area contributed by atoms with E-state index in [1.165, 1.54) is 0 Å². The quantitative estimate of drug-likeness (QED) is 0.177. The van der Waals surface area contributed by atoms with E-state index in [-0.39, 0.29) is 0 Å². The maximum atomic E-state index is 6.54. The molecule has 4 heteroatoms. The van der Waals surface area contributed by atoms with Gasteiger partial charge in [0.15, 0.2) is 17.5 Å². The highest BCUT2D eigenvalue weighted by Crippen LogP contribution is 2.46. The molecule has 248 valence electrons. The van der Waals surface area contributed by atoms with Crippen LogP contribution in [-0.4, -0.2) is 15.0 Å². The highest BCUT2D eigenvalue weighted by molar-refractivity contribution is 5.83. The summed E-state index contributed by atoms with van der Waals surface area (Å²) >= 11 is 0. The standard InChI is InChI=1S/C48H35N3O/c1-48(2)43-24-13-12-23-41(43)42-31-37(25-26-44(42)52-48)46-49-45(36-22-14-21-35(27-36)32-15-6-3-7-16-32)50-47(51-46)40-29-38(33-17-8-4-9-18-33)28-39(30-40)34-19-10-5-11-20-34/h3-31H,1-2H3. The summed E-state index contributed by atoms with van der Waals surface area (Å²) in [4.78, 5) is 15.6. The van der Waals surface area contributed by atoms with Gasteiger partial charge >= 0.3 is 0 Å².